The fourth-order valence-electron chi connectivity index (χ4n) is 10.4. The highest BCUT2D eigenvalue weighted by Gasteiger charge is 2.53. The summed E-state index contributed by atoms with van der Waals surface area (Å²) in [6.45, 7) is 8.93. The van der Waals surface area contributed by atoms with Crippen molar-refractivity contribution >= 4 is 66.4 Å². The zero-order valence-corrected chi connectivity index (χ0v) is 31.7. The topological polar surface area (TPSA) is 21.3 Å². The minimum absolute atomic E-state index is 0.641. The number of rotatable bonds is 6. The average Bonchev–Trinajstić information content (AvgIpc) is 4.00. The third kappa shape index (κ3) is 4.17. The van der Waals surface area contributed by atoms with Crippen LogP contribution >= 0.6 is 0 Å². The van der Waals surface area contributed by atoms with Gasteiger partial charge in [0.05, 0.1) is 27.8 Å². The Morgan fingerprint density at radius 1 is 0.500 bits per heavy atom. The first-order chi connectivity index (χ1) is 28.7. The summed E-state index contributed by atoms with van der Waals surface area (Å²) in [5.41, 5.74) is 17.3. The second-order valence-electron chi connectivity index (χ2n) is 15.2. The number of anilines is 3. The molecule has 0 N–H and O–H groups in total. The van der Waals surface area contributed by atoms with Gasteiger partial charge in [-0.15, -0.1) is 0 Å². The van der Waals surface area contributed by atoms with Crippen LogP contribution in [0.5, 0.6) is 0 Å². The molecule has 0 bridgehead atoms. The van der Waals surface area contributed by atoms with E-state index in [2.05, 4.69) is 199 Å². The number of benzene rings is 8. The van der Waals surface area contributed by atoms with Crippen molar-refractivity contribution in [2.75, 3.05) is 4.90 Å². The lowest BCUT2D eigenvalue weighted by molar-refractivity contribution is 0.669. The van der Waals surface area contributed by atoms with Gasteiger partial charge in [-0.05, 0) is 93.6 Å². The number of fused-ring (bicyclic) bond motifs is 13. The van der Waals surface area contributed by atoms with Crippen LogP contribution in [0.1, 0.15) is 22.3 Å². The number of hydrogen-bond donors (Lipinski definition) is 0. The van der Waals surface area contributed by atoms with Gasteiger partial charge in [-0.2, -0.15) is 0 Å². The van der Waals surface area contributed by atoms with E-state index >= 15 is 0 Å². The molecule has 2 aromatic heterocycles. The van der Waals surface area contributed by atoms with Gasteiger partial charge in [0.25, 0.3) is 0 Å². The fraction of sp³-hybridized carbons (Fsp3) is 0.0182. The van der Waals surface area contributed by atoms with Crippen molar-refractivity contribution in [3.63, 3.8) is 0 Å². The van der Waals surface area contributed by atoms with E-state index in [4.69, 9.17) is 4.42 Å². The van der Waals surface area contributed by atoms with Crippen LogP contribution in [0.3, 0.4) is 0 Å². The molecule has 2 aliphatic carbocycles. The Hall–Kier alpha value is -7.62. The molecular formula is C55H36N2O. The smallest absolute Gasteiger partial charge is 0.137 e. The molecule has 0 fully saturated rings. The summed E-state index contributed by atoms with van der Waals surface area (Å²) in [6.07, 6.45) is 4.09. The Balaban J connectivity index is 1.24. The molecule has 12 rings (SSSR count). The van der Waals surface area contributed by atoms with Crippen molar-refractivity contribution in [3.05, 3.63) is 235 Å². The minimum Gasteiger partial charge on any atom is -0.456 e. The van der Waals surface area contributed by atoms with Gasteiger partial charge in [-0.25, -0.2) is 0 Å². The predicted molar refractivity (Wildman–Crippen MR) is 242 cm³/mol. The monoisotopic (exact) mass is 740 g/mol. The van der Waals surface area contributed by atoms with Crippen LogP contribution in [-0.4, -0.2) is 4.57 Å². The van der Waals surface area contributed by atoms with Crippen molar-refractivity contribution in [1.82, 2.24) is 4.57 Å². The van der Waals surface area contributed by atoms with Crippen LogP contribution in [-0.2, 0) is 5.41 Å². The lowest BCUT2D eigenvalue weighted by atomic mass is 9.69. The first kappa shape index (κ1) is 32.6. The Morgan fingerprint density at radius 2 is 1.12 bits per heavy atom. The lowest BCUT2D eigenvalue weighted by Crippen LogP contribution is -2.29. The second kappa shape index (κ2) is 12.2. The molecule has 0 saturated heterocycles. The summed E-state index contributed by atoms with van der Waals surface area (Å²) in [6, 6.07) is 65.7. The van der Waals surface area contributed by atoms with Gasteiger partial charge in [-0.3, -0.25) is 0 Å². The van der Waals surface area contributed by atoms with Gasteiger partial charge in [0.1, 0.15) is 11.2 Å². The Morgan fingerprint density at radius 3 is 1.90 bits per heavy atom. The van der Waals surface area contributed by atoms with Crippen molar-refractivity contribution in [1.29, 1.82) is 0 Å². The molecule has 1 spiro atoms. The van der Waals surface area contributed by atoms with Gasteiger partial charge in [-0.1, -0.05) is 147 Å². The normalized spacial score (nSPS) is 13.7. The van der Waals surface area contributed by atoms with Crippen molar-refractivity contribution in [2.24, 2.45) is 0 Å². The maximum atomic E-state index is 6.62. The van der Waals surface area contributed by atoms with Gasteiger partial charge in [0.15, 0.2) is 0 Å². The molecule has 0 atom stereocenters. The van der Waals surface area contributed by atoms with Crippen LogP contribution < -0.4 is 4.90 Å². The van der Waals surface area contributed by atoms with E-state index in [1.165, 1.54) is 38.6 Å². The summed E-state index contributed by atoms with van der Waals surface area (Å²) in [4.78, 5) is 2.48. The molecule has 2 aliphatic rings. The molecule has 8 aromatic carbocycles. The fourth-order valence-corrected chi connectivity index (χ4v) is 10.4. The van der Waals surface area contributed by atoms with E-state index in [9.17, 15) is 0 Å². The molecule has 0 aliphatic heterocycles. The van der Waals surface area contributed by atoms with E-state index in [1.54, 1.807) is 0 Å². The van der Waals surface area contributed by atoms with E-state index < -0.39 is 5.41 Å². The Labute approximate surface area is 336 Å². The van der Waals surface area contributed by atoms with E-state index in [0.717, 1.165) is 72.4 Å². The molecule has 0 unspecified atom stereocenters. The first-order valence-corrected chi connectivity index (χ1v) is 19.8. The van der Waals surface area contributed by atoms with E-state index in [-0.39, 0.29) is 0 Å². The Bertz CT molecular complexity index is 3350. The van der Waals surface area contributed by atoms with E-state index in [1.807, 2.05) is 18.2 Å². The first-order valence-electron chi connectivity index (χ1n) is 19.8. The van der Waals surface area contributed by atoms with Crippen LogP contribution in [0.4, 0.5) is 17.1 Å². The highest BCUT2D eigenvalue weighted by atomic mass is 16.3. The number of furan rings is 1. The number of hydrogen-bond acceptors (Lipinski definition) is 2. The number of nitrogens with zero attached hydrogens (tertiary/aromatic N) is 2. The molecular weight excluding hydrogens is 705 g/mol. The number of para-hydroxylation sites is 3. The zero-order chi connectivity index (χ0) is 38.5. The molecule has 2 heterocycles. The molecule has 0 amide bonds. The summed E-state index contributed by atoms with van der Waals surface area (Å²) in [5.74, 6) is 0. The van der Waals surface area contributed by atoms with Crippen LogP contribution in [0, 0.1) is 0 Å². The molecule has 3 heteroatoms. The molecule has 58 heavy (non-hydrogen) atoms. The summed E-state index contributed by atoms with van der Waals surface area (Å²) in [5, 5.41) is 4.56. The molecule has 0 radical (unpaired) electrons. The molecule has 272 valence electrons. The van der Waals surface area contributed by atoms with Crippen LogP contribution in [0.2, 0.25) is 0 Å². The van der Waals surface area contributed by atoms with Gasteiger partial charge in [0, 0.05) is 44.5 Å². The summed E-state index contributed by atoms with van der Waals surface area (Å²) in [7, 11) is 0. The quantitative estimate of drug-likeness (QED) is 0.169. The van der Waals surface area contributed by atoms with Gasteiger partial charge < -0.3 is 13.9 Å². The SMILES string of the molecule is C=CC1=C(C=C)C2(c3ccccc3-c3ccccc32)c2c1cccc2N(c1ccc2c(c1)oc1ccccc12)c1cccc2c1c1ccccc1n2-c1ccccc1. The number of aromatic nitrogens is 1. The molecule has 10 aromatic rings. The van der Waals surface area contributed by atoms with Crippen LogP contribution in [0.15, 0.2) is 217 Å². The largest absolute Gasteiger partial charge is 0.456 e. The third-order valence-corrected chi connectivity index (χ3v) is 12.6. The van der Waals surface area contributed by atoms with Crippen LogP contribution in [0.25, 0.3) is 66.1 Å². The lowest BCUT2D eigenvalue weighted by Gasteiger charge is -2.36. The summed E-state index contributed by atoms with van der Waals surface area (Å²) < 4.78 is 9.01. The van der Waals surface area contributed by atoms with E-state index in [0.29, 0.717) is 0 Å². The van der Waals surface area contributed by atoms with Gasteiger partial charge in [0.2, 0.25) is 0 Å². The minimum atomic E-state index is -0.641. The van der Waals surface area contributed by atoms with Gasteiger partial charge >= 0.3 is 0 Å². The highest BCUT2D eigenvalue weighted by Crippen LogP contribution is 2.65. The third-order valence-electron chi connectivity index (χ3n) is 12.6. The Kier molecular flexibility index (Phi) is 6.85. The average molecular weight is 741 g/mol. The molecule has 3 nitrogen and oxygen atoms in total. The van der Waals surface area contributed by atoms with Crippen molar-refractivity contribution in [3.8, 4) is 16.8 Å². The zero-order valence-electron chi connectivity index (χ0n) is 31.7. The van der Waals surface area contributed by atoms with Crippen molar-refractivity contribution < 1.29 is 4.42 Å². The number of allylic oxidation sites excluding steroid dienone is 4. The van der Waals surface area contributed by atoms with Crippen molar-refractivity contribution in [2.45, 2.75) is 5.41 Å². The maximum Gasteiger partial charge on any atom is 0.137 e. The maximum absolute atomic E-state index is 6.62. The standard InChI is InChI=1S/C55H36N2O/c1-3-37-42-24-16-30-50(54(42)55(44(37)4-2)45-25-12-8-20-38(45)39-21-9-13-26-46(39)55)57(36-32-33-41-40-22-11-15-31-51(40)58-52(41)34-36)49-29-17-28-48-53(49)43-23-10-14-27-47(43)56(48)35-18-6-5-7-19-35/h3-34H,1-2H2. The predicted octanol–water partition coefficient (Wildman–Crippen LogP) is 14.6. The second-order valence-corrected chi connectivity index (χ2v) is 15.2. The summed E-state index contributed by atoms with van der Waals surface area (Å²) >= 11 is 0. The molecule has 0 saturated carbocycles. The highest BCUT2D eigenvalue weighted by molar-refractivity contribution is 6.17.